The average molecular weight is 313 g/mol. The third-order valence-electron chi connectivity index (χ3n) is 2.81. The van der Waals surface area contributed by atoms with Crippen molar-refractivity contribution < 1.29 is 19.1 Å². The predicted octanol–water partition coefficient (Wildman–Crippen LogP) is 0.827. The first-order valence-corrected chi connectivity index (χ1v) is 6.87. The molecule has 0 radical (unpaired) electrons. The van der Waals surface area contributed by atoms with Crippen LogP contribution in [0.5, 0.6) is 0 Å². The Kier molecular flexibility index (Phi) is 5.51. The molecule has 0 saturated carbocycles. The van der Waals surface area contributed by atoms with E-state index in [0.717, 1.165) is 5.56 Å². The van der Waals surface area contributed by atoms with E-state index in [-0.39, 0.29) is 12.1 Å². The Morgan fingerprint density at radius 1 is 1.04 bits per heavy atom. The number of nitrogens with one attached hydrogen (secondary N) is 1. The maximum Gasteiger partial charge on any atom is 0.359 e. The largest absolute Gasteiger partial charge is 0.451 e. The monoisotopic (exact) mass is 313 g/mol. The van der Waals surface area contributed by atoms with Gasteiger partial charge >= 0.3 is 5.97 Å². The van der Waals surface area contributed by atoms with Gasteiger partial charge in [-0.3, -0.25) is 19.9 Å². The summed E-state index contributed by atoms with van der Waals surface area (Å²) in [6, 6.07) is 8.99. The van der Waals surface area contributed by atoms with Gasteiger partial charge in [-0.05, 0) is 12.5 Å². The molecule has 2 aromatic rings. The first-order chi connectivity index (χ1) is 11.0. The number of amides is 2. The fourth-order valence-electron chi connectivity index (χ4n) is 1.72. The third-order valence-corrected chi connectivity index (χ3v) is 2.81. The molecule has 0 fully saturated rings. The van der Waals surface area contributed by atoms with Gasteiger partial charge in [0.1, 0.15) is 0 Å². The van der Waals surface area contributed by atoms with Gasteiger partial charge in [-0.15, -0.1) is 0 Å². The number of aromatic nitrogens is 2. The minimum Gasteiger partial charge on any atom is -0.451 e. The maximum atomic E-state index is 11.7. The van der Waals surface area contributed by atoms with E-state index in [0.29, 0.717) is 5.69 Å². The number of hydrogen-bond acceptors (Lipinski definition) is 6. The second kappa shape index (κ2) is 7.79. The van der Waals surface area contributed by atoms with E-state index in [9.17, 15) is 14.4 Å². The summed E-state index contributed by atoms with van der Waals surface area (Å²) in [7, 11) is 0. The third kappa shape index (κ3) is 5.31. The van der Waals surface area contributed by atoms with Crippen LogP contribution in [-0.2, 0) is 20.7 Å². The number of nitrogens with zero attached hydrogens (tertiary/aromatic N) is 2. The molecule has 0 bridgehead atoms. The van der Waals surface area contributed by atoms with Gasteiger partial charge in [0.05, 0.1) is 18.3 Å². The van der Waals surface area contributed by atoms with Crippen LogP contribution in [0.1, 0.15) is 21.7 Å². The number of ether oxygens (including phenoxy) is 1. The second-order valence-corrected chi connectivity index (χ2v) is 4.75. The van der Waals surface area contributed by atoms with Crippen LogP contribution in [0.4, 0.5) is 0 Å². The number of aryl methyl sites for hydroxylation is 1. The smallest absolute Gasteiger partial charge is 0.359 e. The highest BCUT2D eigenvalue weighted by Crippen LogP contribution is 1.99. The van der Waals surface area contributed by atoms with Crippen LogP contribution in [-0.4, -0.2) is 34.4 Å². The minimum atomic E-state index is -0.775. The van der Waals surface area contributed by atoms with Crippen molar-refractivity contribution in [2.75, 3.05) is 6.61 Å². The maximum absolute atomic E-state index is 11.7. The zero-order chi connectivity index (χ0) is 16.7. The molecule has 23 heavy (non-hydrogen) atoms. The Hall–Kier alpha value is -3.09. The van der Waals surface area contributed by atoms with E-state index in [1.807, 2.05) is 6.07 Å². The van der Waals surface area contributed by atoms with Crippen LogP contribution in [0.25, 0.3) is 0 Å². The Labute approximate surface area is 132 Å². The summed E-state index contributed by atoms with van der Waals surface area (Å²) in [5.41, 5.74) is 1.44. The number of rotatable bonds is 5. The normalized spacial score (nSPS) is 9.96. The van der Waals surface area contributed by atoms with Crippen molar-refractivity contribution in [1.29, 1.82) is 0 Å². The first-order valence-electron chi connectivity index (χ1n) is 6.87. The van der Waals surface area contributed by atoms with Crippen LogP contribution >= 0.6 is 0 Å². The molecular formula is C16H15N3O4. The van der Waals surface area contributed by atoms with E-state index in [1.165, 1.54) is 12.4 Å². The summed E-state index contributed by atoms with van der Waals surface area (Å²) >= 11 is 0. The molecule has 1 aromatic carbocycles. The number of carbonyl (C=O) groups is 3. The molecule has 0 saturated heterocycles. The van der Waals surface area contributed by atoms with E-state index < -0.39 is 24.4 Å². The quantitative estimate of drug-likeness (QED) is 0.821. The molecule has 2 rings (SSSR count). The van der Waals surface area contributed by atoms with Crippen molar-refractivity contribution in [3.63, 3.8) is 0 Å². The van der Waals surface area contributed by atoms with Crippen LogP contribution in [0.3, 0.4) is 0 Å². The fourth-order valence-corrected chi connectivity index (χ4v) is 1.72. The van der Waals surface area contributed by atoms with Gasteiger partial charge in [-0.1, -0.05) is 30.3 Å². The van der Waals surface area contributed by atoms with Gasteiger partial charge in [-0.25, -0.2) is 9.78 Å². The highest BCUT2D eigenvalue weighted by Gasteiger charge is 2.14. The molecule has 7 heteroatoms. The van der Waals surface area contributed by atoms with Crippen LogP contribution in [0.2, 0.25) is 0 Å². The van der Waals surface area contributed by atoms with Crippen LogP contribution < -0.4 is 5.32 Å². The molecule has 0 atom stereocenters. The number of benzene rings is 1. The van der Waals surface area contributed by atoms with E-state index in [2.05, 4.69) is 15.3 Å². The lowest BCUT2D eigenvalue weighted by molar-refractivity contribution is -0.132. The summed E-state index contributed by atoms with van der Waals surface area (Å²) < 4.78 is 4.78. The fraction of sp³-hybridized carbons (Fsp3) is 0.188. The topological polar surface area (TPSA) is 98.2 Å². The van der Waals surface area contributed by atoms with E-state index >= 15 is 0 Å². The Bertz CT molecular complexity index is 699. The lowest BCUT2D eigenvalue weighted by atomic mass is 10.1. The summed E-state index contributed by atoms with van der Waals surface area (Å²) in [4.78, 5) is 42.7. The molecule has 0 unspecified atom stereocenters. The Morgan fingerprint density at radius 3 is 2.43 bits per heavy atom. The number of hydrogen-bond donors (Lipinski definition) is 1. The van der Waals surface area contributed by atoms with E-state index in [1.54, 1.807) is 31.2 Å². The number of carbonyl (C=O) groups excluding carboxylic acids is 3. The average Bonchev–Trinajstić information content (AvgIpc) is 2.54. The van der Waals surface area contributed by atoms with Crippen molar-refractivity contribution in [1.82, 2.24) is 15.3 Å². The molecule has 0 aliphatic heterocycles. The standard InChI is InChI=1S/C16H15N3O4/c1-11-8-18-13(9-17-11)16(22)23-10-15(21)19-14(20)7-12-5-3-2-4-6-12/h2-6,8-9H,7,10H2,1H3,(H,19,20,21). The van der Waals surface area contributed by atoms with Crippen molar-refractivity contribution >= 4 is 17.8 Å². The van der Waals surface area contributed by atoms with Gasteiger partial charge < -0.3 is 4.74 Å². The predicted molar refractivity (Wildman–Crippen MR) is 80.3 cm³/mol. The molecule has 1 aromatic heterocycles. The van der Waals surface area contributed by atoms with Crippen LogP contribution in [0.15, 0.2) is 42.7 Å². The minimum absolute atomic E-state index is 0.000915. The molecule has 2 amide bonds. The first kappa shape index (κ1) is 16.3. The van der Waals surface area contributed by atoms with Gasteiger partial charge in [0, 0.05) is 6.20 Å². The van der Waals surface area contributed by atoms with Crippen molar-refractivity contribution in [3.05, 3.63) is 59.7 Å². The van der Waals surface area contributed by atoms with E-state index in [4.69, 9.17) is 4.74 Å². The molecule has 1 N–H and O–H groups in total. The van der Waals surface area contributed by atoms with Crippen molar-refractivity contribution in [3.8, 4) is 0 Å². The molecule has 0 aliphatic rings. The summed E-state index contributed by atoms with van der Waals surface area (Å²) in [6.07, 6.45) is 2.75. The highest BCUT2D eigenvalue weighted by atomic mass is 16.5. The summed E-state index contributed by atoms with van der Waals surface area (Å²) in [5.74, 6) is -1.94. The highest BCUT2D eigenvalue weighted by molar-refractivity contribution is 5.97. The Balaban J connectivity index is 1.77. The molecule has 0 aliphatic carbocycles. The lowest BCUT2D eigenvalue weighted by Crippen LogP contribution is -2.35. The molecular weight excluding hydrogens is 298 g/mol. The molecule has 118 valence electrons. The molecule has 0 spiro atoms. The van der Waals surface area contributed by atoms with Crippen molar-refractivity contribution in [2.45, 2.75) is 13.3 Å². The summed E-state index contributed by atoms with van der Waals surface area (Å²) in [6.45, 7) is 1.17. The molecule has 1 heterocycles. The Morgan fingerprint density at radius 2 is 1.78 bits per heavy atom. The lowest BCUT2D eigenvalue weighted by Gasteiger charge is -2.05. The van der Waals surface area contributed by atoms with Gasteiger partial charge in [-0.2, -0.15) is 0 Å². The van der Waals surface area contributed by atoms with Gasteiger partial charge in [0.25, 0.3) is 5.91 Å². The number of imide groups is 1. The summed E-state index contributed by atoms with van der Waals surface area (Å²) in [5, 5.41) is 2.15. The van der Waals surface area contributed by atoms with Gasteiger partial charge in [0.2, 0.25) is 5.91 Å². The zero-order valence-corrected chi connectivity index (χ0v) is 12.5. The van der Waals surface area contributed by atoms with Crippen LogP contribution in [0, 0.1) is 6.92 Å². The number of esters is 1. The molecule has 7 nitrogen and oxygen atoms in total. The SMILES string of the molecule is Cc1cnc(C(=O)OCC(=O)NC(=O)Cc2ccccc2)cn1. The second-order valence-electron chi connectivity index (χ2n) is 4.75. The zero-order valence-electron chi connectivity index (χ0n) is 12.5. The van der Waals surface area contributed by atoms with Gasteiger partial charge in [0.15, 0.2) is 12.3 Å². The van der Waals surface area contributed by atoms with Crippen molar-refractivity contribution in [2.24, 2.45) is 0 Å².